The number of halogens is 4. The lowest BCUT2D eigenvalue weighted by atomic mass is 10.2. The molecule has 0 aliphatic carbocycles. The van der Waals surface area contributed by atoms with Crippen molar-refractivity contribution in [3.8, 4) is 11.4 Å². The van der Waals surface area contributed by atoms with Gasteiger partial charge in [0.25, 0.3) is 5.56 Å². The van der Waals surface area contributed by atoms with Gasteiger partial charge in [-0.25, -0.2) is 9.37 Å². The second-order valence-corrected chi connectivity index (χ2v) is 6.38. The van der Waals surface area contributed by atoms with E-state index in [0.717, 1.165) is 6.07 Å². The van der Waals surface area contributed by atoms with E-state index in [4.69, 9.17) is 4.74 Å². The molecule has 0 aliphatic rings. The Morgan fingerprint density at radius 2 is 1.91 bits per heavy atom. The van der Waals surface area contributed by atoms with Crippen LogP contribution in [0.25, 0.3) is 5.69 Å². The average molecular weight is 447 g/mol. The summed E-state index contributed by atoms with van der Waals surface area (Å²) in [5.41, 5.74) is -1.63. The summed E-state index contributed by atoms with van der Waals surface area (Å²) in [7, 11) is 0. The van der Waals surface area contributed by atoms with Crippen LogP contribution in [0.4, 0.5) is 29.1 Å². The SMILES string of the molecule is O=c1c(Nc2ccc(C(F)(F)F)cc2F)nccn1-c1ccc(OCc2nn[nH]n2)cc1. The first-order valence-electron chi connectivity index (χ1n) is 8.98. The lowest BCUT2D eigenvalue weighted by Gasteiger charge is -2.12. The van der Waals surface area contributed by atoms with Gasteiger partial charge in [0.15, 0.2) is 12.4 Å². The predicted octanol–water partition coefficient (Wildman–Crippen LogP) is 3.23. The number of hydrogen-bond donors (Lipinski definition) is 2. The highest BCUT2D eigenvalue weighted by Gasteiger charge is 2.31. The summed E-state index contributed by atoms with van der Waals surface area (Å²) in [5.74, 6) is -0.570. The van der Waals surface area contributed by atoms with E-state index in [-0.39, 0.29) is 18.1 Å². The Bertz CT molecular complexity index is 1270. The standard InChI is InChI=1S/C19H13F4N7O2/c20-14-9-11(19(21,22)23)1-6-15(14)25-17-18(31)30(8-7-24-17)12-2-4-13(5-3-12)32-10-16-26-28-29-27-16/h1-9H,10H2,(H,24,25)(H,26,27,28,29). The van der Waals surface area contributed by atoms with E-state index < -0.39 is 23.1 Å². The zero-order chi connectivity index (χ0) is 22.7. The van der Waals surface area contributed by atoms with Crippen molar-refractivity contribution in [2.24, 2.45) is 0 Å². The maximum absolute atomic E-state index is 14.1. The summed E-state index contributed by atoms with van der Waals surface area (Å²) >= 11 is 0. The third kappa shape index (κ3) is 4.55. The molecule has 164 valence electrons. The number of ether oxygens (including phenoxy) is 1. The molecular weight excluding hydrogens is 434 g/mol. The molecule has 2 N–H and O–H groups in total. The number of aromatic nitrogens is 6. The molecule has 0 spiro atoms. The van der Waals surface area contributed by atoms with Crippen molar-refractivity contribution < 1.29 is 22.3 Å². The fourth-order valence-electron chi connectivity index (χ4n) is 2.72. The minimum absolute atomic E-state index is 0.0951. The smallest absolute Gasteiger partial charge is 0.416 e. The molecule has 0 atom stereocenters. The monoisotopic (exact) mass is 447 g/mol. The fourth-order valence-corrected chi connectivity index (χ4v) is 2.72. The highest BCUT2D eigenvalue weighted by Crippen LogP contribution is 2.31. The molecule has 2 aromatic heterocycles. The zero-order valence-electron chi connectivity index (χ0n) is 16.0. The Labute approximate surface area is 176 Å². The number of aromatic amines is 1. The normalized spacial score (nSPS) is 11.4. The Morgan fingerprint density at radius 3 is 2.56 bits per heavy atom. The van der Waals surface area contributed by atoms with Crippen LogP contribution in [-0.4, -0.2) is 30.2 Å². The van der Waals surface area contributed by atoms with E-state index in [1.165, 1.54) is 17.0 Å². The summed E-state index contributed by atoms with van der Waals surface area (Å²) in [6.45, 7) is 0.0951. The first-order chi connectivity index (χ1) is 15.3. The summed E-state index contributed by atoms with van der Waals surface area (Å²) in [4.78, 5) is 16.6. The number of benzene rings is 2. The van der Waals surface area contributed by atoms with Crippen LogP contribution in [0.5, 0.6) is 5.75 Å². The maximum atomic E-state index is 14.1. The molecule has 4 rings (SSSR count). The number of H-pyrrole nitrogens is 1. The topological polar surface area (TPSA) is 111 Å². The molecule has 13 heteroatoms. The predicted molar refractivity (Wildman–Crippen MR) is 103 cm³/mol. The second-order valence-electron chi connectivity index (χ2n) is 6.38. The van der Waals surface area contributed by atoms with Crippen LogP contribution in [0.15, 0.2) is 59.7 Å². The first kappa shape index (κ1) is 21.0. The third-order valence-corrected chi connectivity index (χ3v) is 4.26. The lowest BCUT2D eigenvalue weighted by Crippen LogP contribution is -2.22. The van der Waals surface area contributed by atoms with E-state index in [0.29, 0.717) is 29.4 Å². The third-order valence-electron chi connectivity index (χ3n) is 4.26. The van der Waals surface area contributed by atoms with Crippen molar-refractivity contribution in [1.29, 1.82) is 0 Å². The van der Waals surface area contributed by atoms with Gasteiger partial charge in [-0.15, -0.1) is 10.2 Å². The van der Waals surface area contributed by atoms with Gasteiger partial charge >= 0.3 is 6.18 Å². The summed E-state index contributed by atoms with van der Waals surface area (Å²) in [6, 6.07) is 8.39. The van der Waals surface area contributed by atoms with Crippen LogP contribution in [0.1, 0.15) is 11.4 Å². The number of tetrazole rings is 1. The minimum atomic E-state index is -4.68. The molecule has 4 aromatic rings. The lowest BCUT2D eigenvalue weighted by molar-refractivity contribution is -0.137. The Kier molecular flexibility index (Phi) is 5.54. The number of nitrogens with zero attached hydrogens (tertiary/aromatic N) is 5. The maximum Gasteiger partial charge on any atom is 0.416 e. The van der Waals surface area contributed by atoms with Gasteiger partial charge in [0.05, 0.1) is 11.3 Å². The molecule has 2 heterocycles. The average Bonchev–Trinajstić information content (AvgIpc) is 3.28. The van der Waals surface area contributed by atoms with Crippen molar-refractivity contribution in [2.75, 3.05) is 5.32 Å². The second kappa shape index (κ2) is 8.45. The zero-order valence-corrected chi connectivity index (χ0v) is 16.0. The molecule has 0 radical (unpaired) electrons. The molecule has 0 saturated carbocycles. The molecule has 0 amide bonds. The van der Waals surface area contributed by atoms with Crippen LogP contribution in [0, 0.1) is 5.82 Å². The van der Waals surface area contributed by atoms with E-state index in [9.17, 15) is 22.4 Å². The van der Waals surface area contributed by atoms with Gasteiger partial charge in [-0.1, -0.05) is 5.21 Å². The molecule has 0 fully saturated rings. The Balaban J connectivity index is 1.53. The van der Waals surface area contributed by atoms with Crippen molar-refractivity contribution >= 4 is 11.5 Å². The van der Waals surface area contributed by atoms with Gasteiger partial charge in [0.1, 0.15) is 11.6 Å². The van der Waals surface area contributed by atoms with Crippen LogP contribution < -0.4 is 15.6 Å². The van der Waals surface area contributed by atoms with Crippen molar-refractivity contribution in [3.63, 3.8) is 0 Å². The van der Waals surface area contributed by atoms with Crippen LogP contribution >= 0.6 is 0 Å². The van der Waals surface area contributed by atoms with Crippen LogP contribution in [0.3, 0.4) is 0 Å². The Hall–Kier alpha value is -4.29. The van der Waals surface area contributed by atoms with Crippen LogP contribution in [0.2, 0.25) is 0 Å². The molecular formula is C19H13F4N7O2. The molecule has 0 bridgehead atoms. The number of alkyl halides is 3. The number of anilines is 2. The highest BCUT2D eigenvalue weighted by atomic mass is 19.4. The van der Waals surface area contributed by atoms with Gasteiger partial charge in [-0.3, -0.25) is 9.36 Å². The van der Waals surface area contributed by atoms with Gasteiger partial charge < -0.3 is 10.1 Å². The van der Waals surface area contributed by atoms with Gasteiger partial charge in [-0.2, -0.15) is 18.4 Å². The summed E-state index contributed by atoms with van der Waals surface area (Å²) < 4.78 is 59.0. The van der Waals surface area contributed by atoms with Crippen molar-refractivity contribution in [1.82, 2.24) is 30.2 Å². The number of nitrogens with one attached hydrogen (secondary N) is 2. The van der Waals surface area contributed by atoms with E-state index in [1.54, 1.807) is 24.3 Å². The number of hydrogen-bond acceptors (Lipinski definition) is 7. The van der Waals surface area contributed by atoms with Crippen molar-refractivity contribution in [3.05, 3.63) is 82.4 Å². The molecule has 0 aliphatic heterocycles. The van der Waals surface area contributed by atoms with Gasteiger partial charge in [-0.05, 0) is 42.5 Å². The molecule has 0 saturated heterocycles. The molecule has 2 aromatic carbocycles. The van der Waals surface area contributed by atoms with Gasteiger partial charge in [0.2, 0.25) is 5.82 Å². The van der Waals surface area contributed by atoms with Crippen LogP contribution in [-0.2, 0) is 12.8 Å². The van der Waals surface area contributed by atoms with E-state index in [2.05, 4.69) is 30.9 Å². The quantitative estimate of drug-likeness (QED) is 0.437. The summed E-state index contributed by atoms with van der Waals surface area (Å²) in [5, 5.41) is 15.7. The first-order valence-corrected chi connectivity index (χ1v) is 8.98. The molecule has 32 heavy (non-hydrogen) atoms. The van der Waals surface area contributed by atoms with E-state index in [1.807, 2.05) is 0 Å². The minimum Gasteiger partial charge on any atom is -0.485 e. The molecule has 9 nitrogen and oxygen atoms in total. The summed E-state index contributed by atoms with van der Waals surface area (Å²) in [6.07, 6.45) is -1.99. The molecule has 0 unspecified atom stereocenters. The number of rotatable bonds is 6. The fraction of sp³-hybridized carbons (Fsp3) is 0.105. The largest absolute Gasteiger partial charge is 0.485 e. The Morgan fingerprint density at radius 1 is 1.12 bits per heavy atom. The highest BCUT2D eigenvalue weighted by molar-refractivity contribution is 5.57. The van der Waals surface area contributed by atoms with Gasteiger partial charge in [0, 0.05) is 18.1 Å². The van der Waals surface area contributed by atoms with Crippen molar-refractivity contribution in [2.45, 2.75) is 12.8 Å². The van der Waals surface area contributed by atoms with E-state index >= 15 is 0 Å².